The summed E-state index contributed by atoms with van der Waals surface area (Å²) in [5, 5.41) is 0. The number of benzene rings is 2. The number of piperazine rings is 1. The smallest absolute Gasteiger partial charge is 0.289 e. The second-order valence-corrected chi connectivity index (χ2v) is 8.02. The first-order valence-electron chi connectivity index (χ1n) is 9.70. The van der Waals surface area contributed by atoms with Gasteiger partial charge in [0.25, 0.3) is 11.8 Å². The maximum absolute atomic E-state index is 13.1. The molecule has 2 amide bonds. The summed E-state index contributed by atoms with van der Waals surface area (Å²) in [7, 11) is 0. The molecule has 2 heterocycles. The highest BCUT2D eigenvalue weighted by atomic mass is 32.2. The molecule has 0 aliphatic carbocycles. The molecule has 1 aliphatic heterocycles. The maximum atomic E-state index is 13.1. The number of hydrogen-bond donors (Lipinski definition) is 0. The van der Waals surface area contributed by atoms with Gasteiger partial charge in [-0.25, -0.2) is 4.39 Å². The zero-order valence-corrected chi connectivity index (χ0v) is 17.1. The van der Waals surface area contributed by atoms with Gasteiger partial charge < -0.3 is 14.2 Å². The van der Waals surface area contributed by atoms with E-state index >= 15 is 0 Å². The van der Waals surface area contributed by atoms with E-state index in [-0.39, 0.29) is 17.6 Å². The van der Waals surface area contributed by atoms with E-state index in [0.717, 1.165) is 10.5 Å². The SMILES string of the molecule is O=C(c1ccc(F)cc1)N1CCN(C(=O)c2occc2CSc2ccccc2)CC1. The van der Waals surface area contributed by atoms with Gasteiger partial charge in [-0.2, -0.15) is 0 Å². The molecule has 30 heavy (non-hydrogen) atoms. The third kappa shape index (κ3) is 4.57. The number of halogens is 1. The minimum absolute atomic E-state index is 0.153. The summed E-state index contributed by atoms with van der Waals surface area (Å²) >= 11 is 1.65. The van der Waals surface area contributed by atoms with Gasteiger partial charge in [-0.15, -0.1) is 11.8 Å². The van der Waals surface area contributed by atoms with Crippen LogP contribution in [0.4, 0.5) is 4.39 Å². The molecule has 0 atom stereocenters. The Morgan fingerprint density at radius 1 is 0.867 bits per heavy atom. The molecule has 4 rings (SSSR count). The summed E-state index contributed by atoms with van der Waals surface area (Å²) in [6, 6.07) is 17.3. The molecule has 5 nitrogen and oxygen atoms in total. The predicted octanol–water partition coefficient (Wildman–Crippen LogP) is 4.31. The minimum Gasteiger partial charge on any atom is -0.459 e. The Labute approximate surface area is 178 Å². The van der Waals surface area contributed by atoms with Crippen LogP contribution in [0.5, 0.6) is 0 Å². The van der Waals surface area contributed by atoms with Crippen molar-refractivity contribution in [3.63, 3.8) is 0 Å². The molecule has 0 unspecified atom stereocenters. The first kappa shape index (κ1) is 20.2. The second kappa shape index (κ2) is 9.17. The average Bonchev–Trinajstić information content (AvgIpc) is 3.27. The maximum Gasteiger partial charge on any atom is 0.289 e. The van der Waals surface area contributed by atoms with Crippen LogP contribution in [0.2, 0.25) is 0 Å². The minimum atomic E-state index is -0.373. The van der Waals surface area contributed by atoms with Gasteiger partial charge in [0.1, 0.15) is 5.82 Å². The van der Waals surface area contributed by atoms with E-state index in [1.54, 1.807) is 27.8 Å². The molecule has 0 bridgehead atoms. The number of hydrogen-bond acceptors (Lipinski definition) is 4. The number of rotatable bonds is 5. The summed E-state index contributed by atoms with van der Waals surface area (Å²) in [4.78, 5) is 30.1. The number of thioether (sulfide) groups is 1. The van der Waals surface area contributed by atoms with Crippen LogP contribution in [0.15, 0.2) is 76.2 Å². The van der Waals surface area contributed by atoms with Gasteiger partial charge in [-0.1, -0.05) is 18.2 Å². The lowest BCUT2D eigenvalue weighted by atomic mass is 10.1. The summed E-state index contributed by atoms with van der Waals surface area (Å²) in [5.41, 5.74) is 1.31. The molecule has 1 fully saturated rings. The van der Waals surface area contributed by atoms with Crippen molar-refractivity contribution in [2.45, 2.75) is 10.6 Å². The lowest BCUT2D eigenvalue weighted by Gasteiger charge is -2.34. The molecule has 1 aromatic heterocycles. The summed E-state index contributed by atoms with van der Waals surface area (Å²) in [6.45, 7) is 1.71. The lowest BCUT2D eigenvalue weighted by Crippen LogP contribution is -2.50. The molecule has 0 N–H and O–H groups in total. The van der Waals surface area contributed by atoms with Crippen molar-refractivity contribution in [3.05, 3.63) is 89.6 Å². The van der Waals surface area contributed by atoms with E-state index in [1.807, 2.05) is 36.4 Å². The van der Waals surface area contributed by atoms with Crippen LogP contribution >= 0.6 is 11.8 Å². The first-order valence-corrected chi connectivity index (χ1v) is 10.7. The largest absolute Gasteiger partial charge is 0.459 e. The molecule has 3 aromatic rings. The van der Waals surface area contributed by atoms with Crippen molar-refractivity contribution < 1.29 is 18.4 Å². The highest BCUT2D eigenvalue weighted by Gasteiger charge is 2.28. The highest BCUT2D eigenvalue weighted by molar-refractivity contribution is 7.98. The van der Waals surface area contributed by atoms with Crippen LogP contribution in [0.25, 0.3) is 0 Å². The van der Waals surface area contributed by atoms with Crippen LogP contribution in [0.1, 0.15) is 26.5 Å². The number of amides is 2. The Balaban J connectivity index is 1.35. The van der Waals surface area contributed by atoms with Crippen LogP contribution in [-0.2, 0) is 5.75 Å². The average molecular weight is 424 g/mol. The standard InChI is InChI=1S/C23H21FN2O3S/c24-19-8-6-17(7-9-19)22(27)25-11-13-26(14-12-25)23(28)21-18(10-15-29-21)16-30-20-4-2-1-3-5-20/h1-10,15H,11-14,16H2. The van der Waals surface area contributed by atoms with Crippen molar-refractivity contribution >= 4 is 23.6 Å². The van der Waals surface area contributed by atoms with Crippen LogP contribution in [0, 0.1) is 5.82 Å². The number of nitrogens with zero attached hydrogens (tertiary/aromatic N) is 2. The second-order valence-electron chi connectivity index (χ2n) is 6.97. The third-order valence-electron chi connectivity index (χ3n) is 5.02. The molecule has 0 radical (unpaired) electrons. The Hall–Kier alpha value is -3.06. The van der Waals surface area contributed by atoms with Gasteiger partial charge in [0.2, 0.25) is 0 Å². The van der Waals surface area contributed by atoms with Gasteiger partial charge in [0.15, 0.2) is 5.76 Å². The topological polar surface area (TPSA) is 53.8 Å². The highest BCUT2D eigenvalue weighted by Crippen LogP contribution is 2.26. The van der Waals surface area contributed by atoms with E-state index < -0.39 is 0 Å². The summed E-state index contributed by atoms with van der Waals surface area (Å²) in [5.74, 6) is 0.320. The zero-order valence-electron chi connectivity index (χ0n) is 16.3. The molecule has 2 aromatic carbocycles. The van der Waals surface area contributed by atoms with Gasteiger partial charge >= 0.3 is 0 Å². The number of carbonyl (C=O) groups is 2. The molecule has 0 spiro atoms. The molecule has 154 valence electrons. The fraction of sp³-hybridized carbons (Fsp3) is 0.217. The first-order chi connectivity index (χ1) is 14.6. The monoisotopic (exact) mass is 424 g/mol. The Morgan fingerprint density at radius 2 is 1.50 bits per heavy atom. The molecule has 1 aliphatic rings. The van der Waals surface area contributed by atoms with Gasteiger partial charge in [-0.05, 0) is 42.5 Å². The predicted molar refractivity (Wildman–Crippen MR) is 113 cm³/mol. The van der Waals surface area contributed by atoms with E-state index in [9.17, 15) is 14.0 Å². The molecule has 7 heteroatoms. The third-order valence-corrected chi connectivity index (χ3v) is 6.08. The van der Waals surface area contributed by atoms with Crippen LogP contribution in [0.3, 0.4) is 0 Å². The van der Waals surface area contributed by atoms with Gasteiger partial charge in [-0.3, -0.25) is 9.59 Å². The lowest BCUT2D eigenvalue weighted by molar-refractivity contribution is 0.0517. The normalized spacial score (nSPS) is 14.0. The van der Waals surface area contributed by atoms with Gasteiger partial charge in [0.05, 0.1) is 6.26 Å². The Bertz CT molecular complexity index is 1010. The molecular weight excluding hydrogens is 403 g/mol. The van der Waals surface area contributed by atoms with Crippen molar-refractivity contribution in [1.29, 1.82) is 0 Å². The van der Waals surface area contributed by atoms with E-state index in [2.05, 4.69) is 0 Å². The summed E-state index contributed by atoms with van der Waals surface area (Å²) in [6.07, 6.45) is 1.54. The number of furan rings is 1. The van der Waals surface area contributed by atoms with Crippen molar-refractivity contribution in [3.8, 4) is 0 Å². The molecular formula is C23H21FN2O3S. The van der Waals surface area contributed by atoms with Crippen molar-refractivity contribution in [2.24, 2.45) is 0 Å². The van der Waals surface area contributed by atoms with Crippen molar-refractivity contribution in [1.82, 2.24) is 9.80 Å². The fourth-order valence-corrected chi connectivity index (χ4v) is 4.25. The van der Waals surface area contributed by atoms with Crippen molar-refractivity contribution in [2.75, 3.05) is 26.2 Å². The zero-order chi connectivity index (χ0) is 20.9. The van der Waals surface area contributed by atoms with E-state index in [0.29, 0.717) is 43.3 Å². The van der Waals surface area contributed by atoms with E-state index in [1.165, 1.54) is 24.3 Å². The van der Waals surface area contributed by atoms with Crippen LogP contribution in [-0.4, -0.2) is 47.8 Å². The molecule has 1 saturated heterocycles. The Morgan fingerprint density at radius 3 is 2.17 bits per heavy atom. The Kier molecular flexibility index (Phi) is 6.18. The van der Waals surface area contributed by atoms with Gasteiger partial charge in [0, 0.05) is 48.0 Å². The van der Waals surface area contributed by atoms with E-state index in [4.69, 9.17) is 4.42 Å². The fourth-order valence-electron chi connectivity index (χ4n) is 3.35. The summed E-state index contributed by atoms with van der Waals surface area (Å²) < 4.78 is 18.6. The quantitative estimate of drug-likeness (QED) is 0.573. The number of carbonyl (C=O) groups excluding carboxylic acids is 2. The molecule has 0 saturated carbocycles. The van der Waals surface area contributed by atoms with Crippen LogP contribution < -0.4 is 0 Å².